The summed E-state index contributed by atoms with van der Waals surface area (Å²) < 4.78 is 10.4. The van der Waals surface area contributed by atoms with Gasteiger partial charge in [0.05, 0.1) is 7.11 Å². The molecule has 0 aliphatic carbocycles. The predicted octanol–water partition coefficient (Wildman–Crippen LogP) is 3.55. The number of allylic oxidation sites excluding steroid dienone is 1. The van der Waals surface area contributed by atoms with Crippen LogP contribution in [0.1, 0.15) is 27.9 Å². The van der Waals surface area contributed by atoms with Gasteiger partial charge in [0.15, 0.2) is 11.9 Å². The average Bonchev–Trinajstić information content (AvgIpc) is 3.07. The van der Waals surface area contributed by atoms with Gasteiger partial charge in [0, 0.05) is 17.6 Å². The van der Waals surface area contributed by atoms with Gasteiger partial charge >= 0.3 is 5.97 Å². The molecule has 1 heterocycles. The lowest BCUT2D eigenvalue weighted by atomic mass is 9.97. The second kappa shape index (κ2) is 6.71. The Labute approximate surface area is 140 Å². The van der Waals surface area contributed by atoms with Gasteiger partial charge in [0.2, 0.25) is 5.78 Å². The van der Waals surface area contributed by atoms with Crippen molar-refractivity contribution in [3.05, 3.63) is 77.0 Å². The van der Waals surface area contributed by atoms with Gasteiger partial charge in [0.25, 0.3) is 0 Å². The lowest BCUT2D eigenvalue weighted by Gasteiger charge is -2.10. The van der Waals surface area contributed by atoms with E-state index in [-0.39, 0.29) is 11.5 Å². The Hall–Kier alpha value is -2.88. The number of esters is 1. The maximum atomic E-state index is 12.9. The Morgan fingerprint density at radius 1 is 1.04 bits per heavy atom. The molecule has 4 nitrogen and oxygen atoms in total. The highest BCUT2D eigenvalue weighted by molar-refractivity contribution is 6.12. The Kier molecular flexibility index (Phi) is 4.47. The molecule has 0 spiro atoms. The third kappa shape index (κ3) is 3.08. The minimum Gasteiger partial charge on any atom is -0.474 e. The van der Waals surface area contributed by atoms with Gasteiger partial charge < -0.3 is 9.47 Å². The van der Waals surface area contributed by atoms with Gasteiger partial charge in [-0.2, -0.15) is 0 Å². The van der Waals surface area contributed by atoms with Crippen molar-refractivity contribution in [2.75, 3.05) is 7.11 Å². The summed E-state index contributed by atoms with van der Waals surface area (Å²) in [7, 11) is 1.31. The standard InChI is InChI=1S/C20H18O4/c1-13-8-10-15(11-9-13)18(21)19-16(14-6-4-3-5-7-14)12-17(24-19)20(22)23-2/h3-11,17H,12H2,1-2H3. The van der Waals surface area contributed by atoms with Crippen molar-refractivity contribution in [2.45, 2.75) is 19.4 Å². The maximum Gasteiger partial charge on any atom is 0.347 e. The molecular weight excluding hydrogens is 304 g/mol. The highest BCUT2D eigenvalue weighted by Gasteiger charge is 2.36. The Bertz CT molecular complexity index is 788. The average molecular weight is 322 g/mol. The topological polar surface area (TPSA) is 52.6 Å². The van der Waals surface area contributed by atoms with Crippen LogP contribution in [-0.2, 0) is 14.3 Å². The number of Topliss-reactive ketones (excluding diaryl/α,β-unsaturated/α-hetero) is 1. The van der Waals surface area contributed by atoms with Crippen LogP contribution < -0.4 is 0 Å². The van der Waals surface area contributed by atoms with E-state index in [9.17, 15) is 9.59 Å². The number of aryl methyl sites for hydroxylation is 1. The summed E-state index contributed by atoms with van der Waals surface area (Å²) in [6, 6.07) is 16.8. The van der Waals surface area contributed by atoms with Crippen molar-refractivity contribution in [3.8, 4) is 0 Å². The Balaban J connectivity index is 2.00. The number of rotatable bonds is 4. The summed E-state index contributed by atoms with van der Waals surface area (Å²) in [6.45, 7) is 1.96. The smallest absolute Gasteiger partial charge is 0.347 e. The van der Waals surface area contributed by atoms with Crippen molar-refractivity contribution in [1.82, 2.24) is 0 Å². The number of carbonyl (C=O) groups is 2. The number of methoxy groups -OCH3 is 1. The number of benzene rings is 2. The van der Waals surface area contributed by atoms with Crippen molar-refractivity contribution in [1.29, 1.82) is 0 Å². The van der Waals surface area contributed by atoms with Gasteiger partial charge in [-0.25, -0.2) is 4.79 Å². The fourth-order valence-corrected chi connectivity index (χ4v) is 2.71. The highest BCUT2D eigenvalue weighted by atomic mass is 16.6. The highest BCUT2D eigenvalue weighted by Crippen LogP contribution is 2.35. The van der Waals surface area contributed by atoms with E-state index < -0.39 is 12.1 Å². The molecule has 0 saturated heterocycles. The first-order valence-corrected chi connectivity index (χ1v) is 7.74. The van der Waals surface area contributed by atoms with Gasteiger partial charge in [-0.15, -0.1) is 0 Å². The summed E-state index contributed by atoms with van der Waals surface area (Å²) in [5, 5.41) is 0. The van der Waals surface area contributed by atoms with E-state index in [0.717, 1.165) is 16.7 Å². The van der Waals surface area contributed by atoms with Crippen molar-refractivity contribution in [2.24, 2.45) is 0 Å². The van der Waals surface area contributed by atoms with Gasteiger partial charge in [-0.1, -0.05) is 60.2 Å². The summed E-state index contributed by atoms with van der Waals surface area (Å²) in [4.78, 5) is 24.7. The fraction of sp³-hybridized carbons (Fsp3) is 0.200. The molecule has 4 heteroatoms. The molecule has 0 N–H and O–H groups in total. The zero-order valence-electron chi connectivity index (χ0n) is 13.6. The predicted molar refractivity (Wildman–Crippen MR) is 90.4 cm³/mol. The molecule has 3 rings (SSSR count). The van der Waals surface area contributed by atoms with Crippen LogP contribution in [0.25, 0.3) is 5.57 Å². The quantitative estimate of drug-likeness (QED) is 0.638. The van der Waals surface area contributed by atoms with Crippen LogP contribution >= 0.6 is 0 Å². The van der Waals surface area contributed by atoms with Gasteiger partial charge in [0.1, 0.15) is 0 Å². The molecule has 0 radical (unpaired) electrons. The molecule has 0 saturated carbocycles. The molecule has 0 amide bonds. The zero-order valence-corrected chi connectivity index (χ0v) is 13.6. The molecule has 2 aromatic rings. The summed E-state index contributed by atoms with van der Waals surface area (Å²) >= 11 is 0. The number of ether oxygens (including phenoxy) is 2. The summed E-state index contributed by atoms with van der Waals surface area (Å²) in [6.07, 6.45) is -0.460. The molecule has 122 valence electrons. The zero-order chi connectivity index (χ0) is 17.1. The third-order valence-corrected chi connectivity index (χ3v) is 4.03. The monoisotopic (exact) mass is 322 g/mol. The van der Waals surface area contributed by atoms with E-state index in [0.29, 0.717) is 12.0 Å². The molecule has 1 unspecified atom stereocenters. The van der Waals surface area contributed by atoms with Crippen LogP contribution in [-0.4, -0.2) is 25.0 Å². The van der Waals surface area contributed by atoms with Crippen molar-refractivity contribution in [3.63, 3.8) is 0 Å². The van der Waals surface area contributed by atoms with Gasteiger partial charge in [-0.3, -0.25) is 4.79 Å². The molecule has 0 bridgehead atoms. The fourth-order valence-electron chi connectivity index (χ4n) is 2.71. The normalized spacial score (nSPS) is 16.7. The molecule has 1 aliphatic heterocycles. The first-order chi connectivity index (χ1) is 11.6. The molecule has 2 aromatic carbocycles. The SMILES string of the molecule is COC(=O)C1CC(c2ccccc2)=C(C(=O)c2ccc(C)cc2)O1. The lowest BCUT2D eigenvalue weighted by molar-refractivity contribution is -0.150. The number of carbonyl (C=O) groups excluding carboxylic acids is 2. The first-order valence-electron chi connectivity index (χ1n) is 7.74. The van der Waals surface area contributed by atoms with Crippen LogP contribution in [0.2, 0.25) is 0 Å². The lowest BCUT2D eigenvalue weighted by Crippen LogP contribution is -2.22. The van der Waals surface area contributed by atoms with E-state index >= 15 is 0 Å². The van der Waals surface area contributed by atoms with E-state index in [2.05, 4.69) is 0 Å². The van der Waals surface area contributed by atoms with Crippen LogP contribution in [0, 0.1) is 6.92 Å². The van der Waals surface area contributed by atoms with Crippen LogP contribution in [0.3, 0.4) is 0 Å². The molecule has 1 atom stereocenters. The number of ketones is 1. The van der Waals surface area contributed by atoms with Crippen LogP contribution in [0.5, 0.6) is 0 Å². The van der Waals surface area contributed by atoms with Crippen molar-refractivity contribution >= 4 is 17.3 Å². The third-order valence-electron chi connectivity index (χ3n) is 4.03. The molecule has 0 fully saturated rings. The summed E-state index contributed by atoms with van der Waals surface area (Å²) in [5.41, 5.74) is 3.22. The molecule has 1 aliphatic rings. The van der Waals surface area contributed by atoms with Gasteiger partial charge in [-0.05, 0) is 12.5 Å². The second-order valence-corrected chi connectivity index (χ2v) is 5.70. The van der Waals surface area contributed by atoms with E-state index in [1.807, 2.05) is 49.4 Å². The summed E-state index contributed by atoms with van der Waals surface area (Å²) in [5.74, 6) is -0.476. The molecule has 0 aromatic heterocycles. The largest absolute Gasteiger partial charge is 0.474 e. The van der Waals surface area contributed by atoms with Crippen LogP contribution in [0.15, 0.2) is 60.4 Å². The first kappa shape index (κ1) is 16.0. The van der Waals surface area contributed by atoms with E-state index in [1.54, 1.807) is 12.1 Å². The Morgan fingerprint density at radius 3 is 2.33 bits per heavy atom. The van der Waals surface area contributed by atoms with Crippen molar-refractivity contribution < 1.29 is 19.1 Å². The Morgan fingerprint density at radius 2 is 1.71 bits per heavy atom. The van der Waals surface area contributed by atoms with E-state index in [1.165, 1.54) is 7.11 Å². The minimum absolute atomic E-state index is 0.222. The minimum atomic E-state index is -0.783. The van der Waals surface area contributed by atoms with Crippen LogP contribution in [0.4, 0.5) is 0 Å². The maximum absolute atomic E-state index is 12.9. The van der Waals surface area contributed by atoms with E-state index in [4.69, 9.17) is 9.47 Å². The molecule has 24 heavy (non-hydrogen) atoms. The second-order valence-electron chi connectivity index (χ2n) is 5.70. The number of hydrogen-bond donors (Lipinski definition) is 0. The number of hydrogen-bond acceptors (Lipinski definition) is 4. The molecular formula is C20H18O4.